The fourth-order valence-electron chi connectivity index (χ4n) is 3.99. The Bertz CT molecular complexity index is 1090. The number of carbonyl (C=O) groups excluding carboxylic acids is 1. The molecule has 2 heterocycles. The monoisotopic (exact) mass is 448 g/mol. The van der Waals surface area contributed by atoms with Crippen LogP contribution in [-0.4, -0.2) is 56.1 Å². The van der Waals surface area contributed by atoms with Crippen LogP contribution >= 0.6 is 0 Å². The molecular formula is C26H29FN4O2. The Morgan fingerprint density at radius 2 is 1.91 bits per heavy atom. The molecule has 0 bridgehead atoms. The number of anilines is 2. The number of pyridine rings is 1. The number of aromatic nitrogens is 1. The van der Waals surface area contributed by atoms with Gasteiger partial charge in [0, 0.05) is 43.6 Å². The van der Waals surface area contributed by atoms with Crippen LogP contribution in [0.5, 0.6) is 5.75 Å². The number of halogens is 1. The highest BCUT2D eigenvalue weighted by Crippen LogP contribution is 2.29. The molecule has 2 aromatic carbocycles. The minimum absolute atomic E-state index is 0.215. The van der Waals surface area contributed by atoms with Gasteiger partial charge in [-0.25, -0.2) is 4.39 Å². The summed E-state index contributed by atoms with van der Waals surface area (Å²) in [5, 5.41) is 0. The standard InChI is InChI=1S/C26H29FN4O2/c1-29(2)22-13-15-31(17-22)25-12-9-21(16-24(25)27)30(3)26(32)19-7-10-23(11-8-19)33-18-20-6-4-5-14-28-20/h4-12,14,16,22H,13,15,17-18H2,1-3H3. The Kier molecular flexibility index (Phi) is 6.89. The molecule has 1 aromatic heterocycles. The highest BCUT2D eigenvalue weighted by molar-refractivity contribution is 6.05. The Balaban J connectivity index is 1.40. The van der Waals surface area contributed by atoms with Gasteiger partial charge in [-0.3, -0.25) is 9.78 Å². The lowest BCUT2D eigenvalue weighted by molar-refractivity contribution is 0.0993. The largest absolute Gasteiger partial charge is 0.487 e. The molecule has 6 nitrogen and oxygen atoms in total. The van der Waals surface area contributed by atoms with Gasteiger partial charge in [0.05, 0.1) is 11.4 Å². The van der Waals surface area contributed by atoms with Gasteiger partial charge in [-0.05, 0) is 75.1 Å². The van der Waals surface area contributed by atoms with E-state index in [1.165, 1.54) is 11.0 Å². The van der Waals surface area contributed by atoms with Crippen LogP contribution in [0.25, 0.3) is 0 Å². The number of ether oxygens (including phenoxy) is 1. The lowest BCUT2D eigenvalue weighted by atomic mass is 10.1. The van der Waals surface area contributed by atoms with E-state index in [1.807, 2.05) is 32.3 Å². The summed E-state index contributed by atoms with van der Waals surface area (Å²) in [5.41, 5.74) is 2.42. The second-order valence-corrected chi connectivity index (χ2v) is 8.49. The Morgan fingerprint density at radius 3 is 2.55 bits per heavy atom. The third-order valence-electron chi connectivity index (χ3n) is 6.07. The minimum atomic E-state index is -0.315. The van der Waals surface area contributed by atoms with Crippen LogP contribution < -0.4 is 14.5 Å². The van der Waals surface area contributed by atoms with E-state index >= 15 is 0 Å². The molecule has 172 valence electrons. The molecule has 0 aliphatic carbocycles. The molecule has 1 aliphatic rings. The zero-order valence-corrected chi connectivity index (χ0v) is 19.2. The maximum absolute atomic E-state index is 14.9. The summed E-state index contributed by atoms with van der Waals surface area (Å²) in [5.74, 6) is 0.119. The van der Waals surface area contributed by atoms with Gasteiger partial charge in [-0.15, -0.1) is 0 Å². The first-order valence-electron chi connectivity index (χ1n) is 11.0. The van der Waals surface area contributed by atoms with E-state index in [0.29, 0.717) is 35.3 Å². The van der Waals surface area contributed by atoms with Crippen molar-refractivity contribution in [2.45, 2.75) is 19.1 Å². The van der Waals surface area contributed by atoms with Crippen LogP contribution in [0.15, 0.2) is 66.9 Å². The van der Waals surface area contributed by atoms with E-state index in [4.69, 9.17) is 4.74 Å². The van der Waals surface area contributed by atoms with Gasteiger partial charge in [0.2, 0.25) is 0 Å². The van der Waals surface area contributed by atoms with E-state index in [1.54, 1.807) is 49.6 Å². The van der Waals surface area contributed by atoms with Crippen LogP contribution in [-0.2, 0) is 6.61 Å². The summed E-state index contributed by atoms with van der Waals surface area (Å²) in [6.45, 7) is 1.97. The Labute approximate surface area is 194 Å². The number of amides is 1. The molecule has 4 rings (SSSR count). The third-order valence-corrected chi connectivity index (χ3v) is 6.07. The molecule has 0 radical (unpaired) electrons. The van der Waals surface area contributed by atoms with Crippen molar-refractivity contribution in [1.82, 2.24) is 9.88 Å². The van der Waals surface area contributed by atoms with Gasteiger partial charge in [0.25, 0.3) is 5.91 Å². The molecule has 0 N–H and O–H groups in total. The van der Waals surface area contributed by atoms with E-state index in [-0.39, 0.29) is 11.7 Å². The molecule has 0 spiro atoms. The normalized spacial score (nSPS) is 15.7. The summed E-state index contributed by atoms with van der Waals surface area (Å²) < 4.78 is 20.6. The molecule has 1 fully saturated rings. The zero-order valence-electron chi connectivity index (χ0n) is 19.2. The molecular weight excluding hydrogens is 419 g/mol. The number of carbonyl (C=O) groups is 1. The van der Waals surface area contributed by atoms with E-state index in [0.717, 1.165) is 25.2 Å². The van der Waals surface area contributed by atoms with Gasteiger partial charge in [-0.2, -0.15) is 0 Å². The van der Waals surface area contributed by atoms with Crippen molar-refractivity contribution in [3.63, 3.8) is 0 Å². The number of nitrogens with zero attached hydrogens (tertiary/aromatic N) is 4. The van der Waals surface area contributed by atoms with Gasteiger partial charge >= 0.3 is 0 Å². The number of likely N-dealkylation sites (N-methyl/N-ethyl adjacent to an activating group) is 1. The molecule has 1 atom stereocenters. The van der Waals surface area contributed by atoms with Crippen molar-refractivity contribution in [1.29, 1.82) is 0 Å². The van der Waals surface area contributed by atoms with Crippen molar-refractivity contribution >= 4 is 17.3 Å². The van der Waals surface area contributed by atoms with Crippen molar-refractivity contribution < 1.29 is 13.9 Å². The number of hydrogen-bond donors (Lipinski definition) is 0. The molecule has 3 aromatic rings. The fourth-order valence-corrected chi connectivity index (χ4v) is 3.99. The molecule has 1 amide bonds. The van der Waals surface area contributed by atoms with Gasteiger partial charge < -0.3 is 19.4 Å². The molecule has 33 heavy (non-hydrogen) atoms. The first-order valence-corrected chi connectivity index (χ1v) is 11.0. The first-order chi connectivity index (χ1) is 15.9. The van der Waals surface area contributed by atoms with Crippen molar-refractivity contribution in [2.24, 2.45) is 0 Å². The Morgan fingerprint density at radius 1 is 1.12 bits per heavy atom. The first kappa shape index (κ1) is 22.7. The van der Waals surface area contributed by atoms with E-state index in [2.05, 4.69) is 14.8 Å². The highest BCUT2D eigenvalue weighted by Gasteiger charge is 2.26. The predicted octanol–water partition coefficient (Wildman–Crippen LogP) is 4.22. The average Bonchev–Trinajstić information content (AvgIpc) is 3.33. The summed E-state index contributed by atoms with van der Waals surface area (Å²) in [4.78, 5) is 22.9. The Hall–Kier alpha value is -3.45. The average molecular weight is 449 g/mol. The molecule has 0 saturated carbocycles. The lowest BCUT2D eigenvalue weighted by Crippen LogP contribution is -2.31. The minimum Gasteiger partial charge on any atom is -0.487 e. The topological polar surface area (TPSA) is 48.9 Å². The summed E-state index contributed by atoms with van der Waals surface area (Å²) in [6, 6.07) is 18.0. The van der Waals surface area contributed by atoms with Crippen molar-refractivity contribution in [3.05, 3.63) is 83.9 Å². The van der Waals surface area contributed by atoms with Crippen LogP contribution in [0.3, 0.4) is 0 Å². The quantitative estimate of drug-likeness (QED) is 0.542. The van der Waals surface area contributed by atoms with Gasteiger partial charge in [0.1, 0.15) is 18.2 Å². The van der Waals surface area contributed by atoms with Crippen LogP contribution in [0, 0.1) is 5.82 Å². The second-order valence-electron chi connectivity index (χ2n) is 8.49. The van der Waals surface area contributed by atoms with Crippen LogP contribution in [0.2, 0.25) is 0 Å². The predicted molar refractivity (Wildman–Crippen MR) is 128 cm³/mol. The number of hydrogen-bond acceptors (Lipinski definition) is 5. The second kappa shape index (κ2) is 10.0. The maximum atomic E-state index is 14.9. The lowest BCUT2D eigenvalue weighted by Gasteiger charge is -2.23. The van der Waals surface area contributed by atoms with Crippen molar-refractivity contribution in [2.75, 3.05) is 44.0 Å². The van der Waals surface area contributed by atoms with Crippen molar-refractivity contribution in [3.8, 4) is 5.75 Å². The van der Waals surface area contributed by atoms with Gasteiger partial charge in [0.15, 0.2) is 0 Å². The summed E-state index contributed by atoms with van der Waals surface area (Å²) in [7, 11) is 5.75. The number of rotatable bonds is 7. The van der Waals surface area contributed by atoms with E-state index < -0.39 is 0 Å². The third kappa shape index (κ3) is 5.31. The molecule has 1 saturated heterocycles. The zero-order chi connectivity index (χ0) is 23.4. The number of benzene rings is 2. The maximum Gasteiger partial charge on any atom is 0.258 e. The smallest absolute Gasteiger partial charge is 0.258 e. The molecule has 1 unspecified atom stereocenters. The summed E-state index contributed by atoms with van der Waals surface area (Å²) in [6.07, 6.45) is 2.73. The fraction of sp³-hybridized carbons (Fsp3) is 0.308. The van der Waals surface area contributed by atoms with Crippen LogP contribution in [0.4, 0.5) is 15.8 Å². The molecule has 1 aliphatic heterocycles. The SMILES string of the molecule is CN(C(=O)c1ccc(OCc2ccccn2)cc1)c1ccc(N2CCC(N(C)C)C2)c(F)c1. The van der Waals surface area contributed by atoms with Crippen LogP contribution in [0.1, 0.15) is 22.5 Å². The van der Waals surface area contributed by atoms with Gasteiger partial charge in [-0.1, -0.05) is 6.07 Å². The van der Waals surface area contributed by atoms with E-state index in [9.17, 15) is 9.18 Å². The highest BCUT2D eigenvalue weighted by atomic mass is 19.1. The summed E-state index contributed by atoms with van der Waals surface area (Å²) >= 11 is 0. The molecule has 7 heteroatoms.